The molecule has 0 radical (unpaired) electrons. The molecular weight excluding hydrogens is 316 g/mol. The topological polar surface area (TPSA) is 9.23 Å². The van der Waals surface area contributed by atoms with E-state index in [1.54, 1.807) is 11.1 Å². The average molecular weight is 351 g/mol. The molecule has 3 aliphatic rings. The molecule has 0 amide bonds. The van der Waals surface area contributed by atoms with Crippen LogP contribution in [0.4, 0.5) is 0 Å². The van der Waals surface area contributed by atoms with Crippen molar-refractivity contribution >= 4 is 6.08 Å². The van der Waals surface area contributed by atoms with Crippen molar-refractivity contribution in [1.82, 2.24) is 0 Å². The Hall–Kier alpha value is -1.34. The van der Waals surface area contributed by atoms with E-state index in [-0.39, 0.29) is 0 Å². The number of fused-ring (bicyclic) bond motifs is 2. The third-order valence-corrected chi connectivity index (χ3v) is 7.45. The molecule has 1 aromatic rings. The molecule has 0 saturated heterocycles. The Kier molecular flexibility index (Phi) is 5.64. The fraction of sp³-hybridized carbons (Fsp3) is 0.600. The smallest absolute Gasteiger partial charge is 0.0648 e. The highest BCUT2D eigenvalue weighted by atomic mass is 16.5. The highest BCUT2D eigenvalue weighted by molar-refractivity contribution is 5.50. The van der Waals surface area contributed by atoms with Gasteiger partial charge in [0.05, 0.1) is 12.7 Å². The normalized spacial score (nSPS) is 33.8. The van der Waals surface area contributed by atoms with Crippen LogP contribution in [-0.2, 0) is 17.6 Å². The monoisotopic (exact) mass is 350 g/mol. The van der Waals surface area contributed by atoms with Crippen LogP contribution in [0.2, 0.25) is 0 Å². The van der Waals surface area contributed by atoms with Crippen molar-refractivity contribution in [2.45, 2.75) is 63.9 Å². The highest BCUT2D eigenvalue weighted by Crippen LogP contribution is 2.47. The summed E-state index contributed by atoms with van der Waals surface area (Å²) in [7, 11) is 0. The maximum absolute atomic E-state index is 5.96. The summed E-state index contributed by atoms with van der Waals surface area (Å²) in [5.74, 6) is 3.74. The van der Waals surface area contributed by atoms with Crippen molar-refractivity contribution in [3.8, 4) is 0 Å². The summed E-state index contributed by atoms with van der Waals surface area (Å²) in [4.78, 5) is 0. The molecule has 3 unspecified atom stereocenters. The quantitative estimate of drug-likeness (QED) is 0.573. The highest BCUT2D eigenvalue weighted by Gasteiger charge is 2.38. The van der Waals surface area contributed by atoms with Gasteiger partial charge in [-0.1, -0.05) is 36.9 Å². The van der Waals surface area contributed by atoms with Crippen LogP contribution < -0.4 is 0 Å². The van der Waals surface area contributed by atoms with E-state index in [9.17, 15) is 0 Å². The van der Waals surface area contributed by atoms with Crippen LogP contribution in [-0.4, -0.2) is 12.7 Å². The lowest BCUT2D eigenvalue weighted by atomic mass is 9.62. The largest absolute Gasteiger partial charge is 0.374 e. The van der Waals surface area contributed by atoms with Crippen molar-refractivity contribution in [3.63, 3.8) is 0 Å². The predicted octanol–water partition coefficient (Wildman–Crippen LogP) is 6.22. The van der Waals surface area contributed by atoms with Crippen molar-refractivity contribution < 1.29 is 4.74 Å². The molecule has 0 heterocycles. The zero-order valence-corrected chi connectivity index (χ0v) is 16.2. The molecule has 0 bridgehead atoms. The first kappa shape index (κ1) is 18.0. The van der Waals surface area contributed by atoms with E-state index in [1.165, 1.54) is 63.4 Å². The predicted molar refractivity (Wildman–Crippen MR) is 110 cm³/mol. The van der Waals surface area contributed by atoms with Crippen LogP contribution in [0.3, 0.4) is 0 Å². The van der Waals surface area contributed by atoms with Crippen molar-refractivity contribution in [1.29, 1.82) is 0 Å². The molecular formula is C25H34O. The first-order chi connectivity index (χ1) is 12.8. The SMILES string of the molecule is C=CCO[C@@H]1CC[C@@H]2CC(C3CCc4cc(C=C)ccc4C3)CCC2C1. The Morgan fingerprint density at radius 1 is 0.885 bits per heavy atom. The Balaban J connectivity index is 1.34. The number of hydrogen-bond donors (Lipinski definition) is 0. The summed E-state index contributed by atoms with van der Waals surface area (Å²) in [5, 5.41) is 0. The fourth-order valence-corrected chi connectivity index (χ4v) is 6.00. The number of hydrogen-bond acceptors (Lipinski definition) is 1. The summed E-state index contributed by atoms with van der Waals surface area (Å²) >= 11 is 0. The van der Waals surface area contributed by atoms with Crippen LogP contribution >= 0.6 is 0 Å². The van der Waals surface area contributed by atoms with E-state index in [4.69, 9.17) is 4.74 Å². The lowest BCUT2D eigenvalue weighted by Gasteiger charge is -2.44. The van der Waals surface area contributed by atoms with Crippen LogP contribution in [0.25, 0.3) is 6.08 Å². The second-order valence-corrected chi connectivity index (χ2v) is 8.89. The van der Waals surface area contributed by atoms with E-state index in [2.05, 4.69) is 31.4 Å². The van der Waals surface area contributed by atoms with Crippen molar-refractivity contribution in [2.24, 2.45) is 23.7 Å². The third kappa shape index (κ3) is 3.83. The molecule has 4 rings (SSSR count). The molecule has 3 aliphatic carbocycles. The van der Waals surface area contributed by atoms with Gasteiger partial charge in [0.1, 0.15) is 0 Å². The Morgan fingerprint density at radius 3 is 2.46 bits per heavy atom. The zero-order chi connectivity index (χ0) is 17.9. The van der Waals surface area contributed by atoms with Gasteiger partial charge < -0.3 is 4.74 Å². The van der Waals surface area contributed by atoms with E-state index < -0.39 is 0 Å². The van der Waals surface area contributed by atoms with Gasteiger partial charge in [0.2, 0.25) is 0 Å². The second-order valence-electron chi connectivity index (χ2n) is 8.89. The Labute approximate surface area is 159 Å². The number of benzene rings is 1. The number of ether oxygens (including phenoxy) is 1. The van der Waals surface area contributed by atoms with E-state index in [1.807, 2.05) is 12.2 Å². The summed E-state index contributed by atoms with van der Waals surface area (Å²) in [6.07, 6.45) is 16.6. The van der Waals surface area contributed by atoms with Gasteiger partial charge in [0.25, 0.3) is 0 Å². The first-order valence-corrected chi connectivity index (χ1v) is 10.7. The maximum atomic E-state index is 5.96. The van der Waals surface area contributed by atoms with Crippen molar-refractivity contribution in [2.75, 3.05) is 6.61 Å². The van der Waals surface area contributed by atoms with E-state index >= 15 is 0 Å². The van der Waals surface area contributed by atoms with Crippen LogP contribution in [0.15, 0.2) is 37.4 Å². The van der Waals surface area contributed by atoms with Crippen molar-refractivity contribution in [3.05, 3.63) is 54.1 Å². The van der Waals surface area contributed by atoms with Gasteiger partial charge in [-0.3, -0.25) is 0 Å². The van der Waals surface area contributed by atoms with Crippen LogP contribution in [0.5, 0.6) is 0 Å². The van der Waals surface area contributed by atoms with Crippen LogP contribution in [0.1, 0.15) is 61.6 Å². The van der Waals surface area contributed by atoms with Gasteiger partial charge in [-0.05, 0) is 98.1 Å². The van der Waals surface area contributed by atoms with Gasteiger partial charge in [-0.15, -0.1) is 6.58 Å². The molecule has 0 N–H and O–H groups in total. The lowest BCUT2D eigenvalue weighted by Crippen LogP contribution is -2.37. The molecule has 1 nitrogen and oxygen atoms in total. The third-order valence-electron chi connectivity index (χ3n) is 7.45. The van der Waals surface area contributed by atoms with Gasteiger partial charge in [-0.2, -0.15) is 0 Å². The van der Waals surface area contributed by atoms with Gasteiger partial charge >= 0.3 is 0 Å². The number of aryl methyl sites for hydroxylation is 1. The minimum absolute atomic E-state index is 0.492. The lowest BCUT2D eigenvalue weighted by molar-refractivity contribution is -0.0137. The van der Waals surface area contributed by atoms with Gasteiger partial charge in [-0.25, -0.2) is 0 Å². The molecule has 1 aromatic carbocycles. The fourth-order valence-electron chi connectivity index (χ4n) is 6.00. The second kappa shape index (κ2) is 8.13. The first-order valence-electron chi connectivity index (χ1n) is 10.7. The molecule has 1 heteroatoms. The molecule has 0 aromatic heterocycles. The Bertz CT molecular complexity index is 646. The minimum Gasteiger partial charge on any atom is -0.374 e. The van der Waals surface area contributed by atoms with E-state index in [0.717, 1.165) is 30.3 Å². The summed E-state index contributed by atoms with van der Waals surface area (Å²) in [6, 6.07) is 6.97. The summed E-state index contributed by atoms with van der Waals surface area (Å²) < 4.78 is 5.96. The molecule has 140 valence electrons. The van der Waals surface area contributed by atoms with E-state index in [0.29, 0.717) is 6.10 Å². The zero-order valence-electron chi connectivity index (χ0n) is 16.2. The summed E-state index contributed by atoms with van der Waals surface area (Å²) in [6.45, 7) is 8.42. The average Bonchev–Trinajstić information content (AvgIpc) is 2.70. The molecule has 26 heavy (non-hydrogen) atoms. The molecule has 2 saturated carbocycles. The number of rotatable bonds is 5. The van der Waals surface area contributed by atoms with Crippen LogP contribution in [0, 0.1) is 23.7 Å². The van der Waals surface area contributed by atoms with Gasteiger partial charge in [0, 0.05) is 0 Å². The Morgan fingerprint density at radius 2 is 1.65 bits per heavy atom. The van der Waals surface area contributed by atoms with Gasteiger partial charge in [0.15, 0.2) is 0 Å². The standard InChI is InChI=1S/C25H34O/c1-3-13-26-25-12-11-23-16-22(9-10-24(23)17-25)21-8-7-19-14-18(4-2)5-6-20(19)15-21/h3-6,14,21-25H,1-2,7-13,15-17H2/t21?,22?,23-,24?,25-/m1/s1. The molecule has 2 fully saturated rings. The maximum Gasteiger partial charge on any atom is 0.0648 e. The molecule has 0 aliphatic heterocycles. The minimum atomic E-state index is 0.492. The summed E-state index contributed by atoms with van der Waals surface area (Å²) in [5.41, 5.74) is 4.46. The molecule has 5 atom stereocenters. The molecule has 0 spiro atoms.